The van der Waals surface area contributed by atoms with Crippen molar-refractivity contribution in [2.24, 2.45) is 5.73 Å². The molecule has 0 amide bonds. The summed E-state index contributed by atoms with van der Waals surface area (Å²) in [4.78, 5) is 0. The fraction of sp³-hybridized carbons (Fsp3) is 0.375. The third kappa shape index (κ3) is 3.74. The molecule has 1 atom stereocenters. The van der Waals surface area contributed by atoms with E-state index in [0.29, 0.717) is 0 Å². The summed E-state index contributed by atoms with van der Waals surface area (Å²) in [5, 5.41) is 0. The highest BCUT2D eigenvalue weighted by atomic mass is 16.3. The van der Waals surface area contributed by atoms with Gasteiger partial charge in [0.2, 0.25) is 0 Å². The van der Waals surface area contributed by atoms with E-state index in [4.69, 9.17) is 10.2 Å². The summed E-state index contributed by atoms with van der Waals surface area (Å²) in [6.07, 6.45) is 5.62. The van der Waals surface area contributed by atoms with E-state index in [0.717, 1.165) is 31.4 Å². The Morgan fingerprint density at radius 3 is 2.44 bits per heavy atom. The summed E-state index contributed by atoms with van der Waals surface area (Å²) in [5.41, 5.74) is 8.85. The molecule has 0 aliphatic carbocycles. The first-order valence-electron chi connectivity index (χ1n) is 6.63. The molecule has 0 bridgehead atoms. The normalized spacial score (nSPS) is 12.6. The second-order valence-electron chi connectivity index (χ2n) is 4.75. The van der Waals surface area contributed by atoms with Crippen molar-refractivity contribution in [2.45, 2.75) is 38.6 Å². The summed E-state index contributed by atoms with van der Waals surface area (Å²) in [6, 6.07) is 12.9. The quantitative estimate of drug-likeness (QED) is 0.845. The molecule has 2 nitrogen and oxygen atoms in total. The van der Waals surface area contributed by atoms with Crippen LogP contribution in [0.1, 0.15) is 30.2 Å². The number of hydrogen-bond donors (Lipinski definition) is 1. The lowest BCUT2D eigenvalue weighted by molar-refractivity contribution is 0.484. The Labute approximate surface area is 109 Å². The maximum atomic E-state index is 6.15. The lowest BCUT2D eigenvalue weighted by Crippen LogP contribution is -2.23. The van der Waals surface area contributed by atoms with Crippen molar-refractivity contribution in [2.75, 3.05) is 0 Å². The minimum atomic E-state index is 0.197. The van der Waals surface area contributed by atoms with Crippen LogP contribution in [0.15, 0.2) is 47.1 Å². The van der Waals surface area contributed by atoms with Gasteiger partial charge in [0.05, 0.1) is 6.26 Å². The fourth-order valence-electron chi connectivity index (χ4n) is 2.10. The summed E-state index contributed by atoms with van der Waals surface area (Å²) < 4.78 is 5.31. The molecule has 2 aromatic rings. The van der Waals surface area contributed by atoms with Crippen molar-refractivity contribution >= 4 is 0 Å². The van der Waals surface area contributed by atoms with E-state index < -0.39 is 0 Å². The molecule has 0 saturated carbocycles. The summed E-state index contributed by atoms with van der Waals surface area (Å²) in [6.45, 7) is 2.17. The molecule has 0 spiro atoms. The zero-order valence-electron chi connectivity index (χ0n) is 10.9. The highest BCUT2D eigenvalue weighted by Gasteiger charge is 2.06. The average Bonchev–Trinajstić information content (AvgIpc) is 2.90. The molecule has 0 saturated heterocycles. The Bertz CT molecular complexity index is 444. The van der Waals surface area contributed by atoms with Crippen LogP contribution in [0.5, 0.6) is 0 Å². The second kappa shape index (κ2) is 6.41. The first-order chi connectivity index (χ1) is 8.78. The van der Waals surface area contributed by atoms with Crippen LogP contribution >= 0.6 is 0 Å². The minimum absolute atomic E-state index is 0.197. The van der Waals surface area contributed by atoms with Crippen LogP contribution < -0.4 is 5.73 Å². The molecule has 0 radical (unpaired) electrons. The van der Waals surface area contributed by atoms with Crippen LogP contribution in [0, 0.1) is 0 Å². The van der Waals surface area contributed by atoms with Gasteiger partial charge in [-0.25, -0.2) is 0 Å². The van der Waals surface area contributed by atoms with Gasteiger partial charge in [-0.1, -0.05) is 31.2 Å². The van der Waals surface area contributed by atoms with E-state index in [1.165, 1.54) is 11.1 Å². The van der Waals surface area contributed by atoms with Gasteiger partial charge in [-0.3, -0.25) is 0 Å². The fourth-order valence-corrected chi connectivity index (χ4v) is 2.10. The maximum Gasteiger partial charge on any atom is 0.103 e. The smallest absolute Gasteiger partial charge is 0.103 e. The molecule has 2 N–H and O–H groups in total. The van der Waals surface area contributed by atoms with Crippen molar-refractivity contribution in [3.05, 3.63) is 59.5 Å². The van der Waals surface area contributed by atoms with E-state index in [1.54, 1.807) is 6.26 Å². The molecule has 1 unspecified atom stereocenters. The van der Waals surface area contributed by atoms with Crippen molar-refractivity contribution in [3.8, 4) is 0 Å². The summed E-state index contributed by atoms with van der Waals surface area (Å²) >= 11 is 0. The molecule has 0 aliphatic heterocycles. The third-order valence-corrected chi connectivity index (χ3v) is 3.27. The Balaban J connectivity index is 1.80. The average molecular weight is 243 g/mol. The largest absolute Gasteiger partial charge is 0.469 e. The van der Waals surface area contributed by atoms with Gasteiger partial charge in [0.15, 0.2) is 0 Å². The maximum absolute atomic E-state index is 6.15. The Hall–Kier alpha value is -1.54. The number of benzene rings is 1. The molecule has 1 heterocycles. The molecule has 2 heteroatoms. The van der Waals surface area contributed by atoms with Crippen molar-refractivity contribution in [1.29, 1.82) is 0 Å². The predicted octanol–water partition coefficient (Wildman–Crippen LogP) is 3.34. The van der Waals surface area contributed by atoms with Gasteiger partial charge in [-0.2, -0.15) is 0 Å². The molecule has 0 fully saturated rings. The van der Waals surface area contributed by atoms with Crippen LogP contribution in [-0.2, 0) is 19.3 Å². The lowest BCUT2D eigenvalue weighted by atomic mass is 10.0. The van der Waals surface area contributed by atoms with Gasteiger partial charge in [0.25, 0.3) is 0 Å². The van der Waals surface area contributed by atoms with Crippen LogP contribution in [0.25, 0.3) is 0 Å². The van der Waals surface area contributed by atoms with Crippen LogP contribution in [0.4, 0.5) is 0 Å². The first-order valence-corrected chi connectivity index (χ1v) is 6.63. The monoisotopic (exact) mass is 243 g/mol. The molecule has 2 rings (SSSR count). The van der Waals surface area contributed by atoms with Crippen LogP contribution in [-0.4, -0.2) is 6.04 Å². The summed E-state index contributed by atoms with van der Waals surface area (Å²) in [5.74, 6) is 1.02. The molecule has 96 valence electrons. The number of hydrogen-bond acceptors (Lipinski definition) is 2. The van der Waals surface area contributed by atoms with Crippen molar-refractivity contribution in [1.82, 2.24) is 0 Å². The van der Waals surface area contributed by atoms with Gasteiger partial charge in [-0.05, 0) is 42.5 Å². The van der Waals surface area contributed by atoms with Crippen LogP contribution in [0.2, 0.25) is 0 Å². The van der Waals surface area contributed by atoms with E-state index in [2.05, 4.69) is 31.2 Å². The molecule has 1 aromatic heterocycles. The number of furan rings is 1. The van der Waals surface area contributed by atoms with Gasteiger partial charge < -0.3 is 10.2 Å². The number of rotatable bonds is 6. The minimum Gasteiger partial charge on any atom is -0.469 e. The zero-order valence-corrected chi connectivity index (χ0v) is 10.9. The Morgan fingerprint density at radius 1 is 1.11 bits per heavy atom. The number of aryl methyl sites for hydroxylation is 2. The molecule has 0 aliphatic rings. The zero-order chi connectivity index (χ0) is 12.8. The van der Waals surface area contributed by atoms with Crippen molar-refractivity contribution < 1.29 is 4.42 Å². The third-order valence-electron chi connectivity index (χ3n) is 3.27. The van der Waals surface area contributed by atoms with Gasteiger partial charge in [0, 0.05) is 12.5 Å². The highest BCUT2D eigenvalue weighted by Crippen LogP contribution is 2.10. The number of nitrogens with two attached hydrogens (primary N) is 1. The van der Waals surface area contributed by atoms with Gasteiger partial charge in [0.1, 0.15) is 5.76 Å². The molecular weight excluding hydrogens is 222 g/mol. The van der Waals surface area contributed by atoms with E-state index in [1.807, 2.05) is 12.1 Å². The topological polar surface area (TPSA) is 39.2 Å². The first kappa shape index (κ1) is 12.9. The van der Waals surface area contributed by atoms with Crippen molar-refractivity contribution in [3.63, 3.8) is 0 Å². The van der Waals surface area contributed by atoms with E-state index in [9.17, 15) is 0 Å². The van der Waals surface area contributed by atoms with E-state index >= 15 is 0 Å². The Morgan fingerprint density at radius 2 is 1.83 bits per heavy atom. The van der Waals surface area contributed by atoms with E-state index in [-0.39, 0.29) is 6.04 Å². The van der Waals surface area contributed by atoms with Gasteiger partial charge >= 0.3 is 0 Å². The SMILES string of the molecule is CCc1ccc(CC(N)CCc2ccco2)cc1. The van der Waals surface area contributed by atoms with Gasteiger partial charge in [-0.15, -0.1) is 0 Å². The standard InChI is InChI=1S/C16H21NO/c1-2-13-5-7-14(8-6-13)12-15(17)9-10-16-4-3-11-18-16/h3-8,11,15H,2,9-10,12,17H2,1H3. The highest BCUT2D eigenvalue weighted by molar-refractivity contribution is 5.23. The predicted molar refractivity (Wildman–Crippen MR) is 74.5 cm³/mol. The Kier molecular flexibility index (Phi) is 4.59. The molecule has 18 heavy (non-hydrogen) atoms. The molecular formula is C16H21NO. The summed E-state index contributed by atoms with van der Waals surface area (Å²) in [7, 11) is 0. The second-order valence-corrected chi connectivity index (χ2v) is 4.75. The lowest BCUT2D eigenvalue weighted by Gasteiger charge is -2.11. The molecule has 1 aromatic carbocycles. The van der Waals surface area contributed by atoms with Crippen LogP contribution in [0.3, 0.4) is 0 Å².